The second-order valence-corrected chi connectivity index (χ2v) is 5.70. The molecule has 1 aromatic heterocycles. The fraction of sp³-hybridized carbons (Fsp3) is 0.667. The molecule has 0 amide bonds. The lowest BCUT2D eigenvalue weighted by Gasteiger charge is -2.08. The first-order valence-electron chi connectivity index (χ1n) is 5.14. The molecule has 0 saturated carbocycles. The molecule has 2 heterocycles. The van der Waals surface area contributed by atoms with E-state index in [4.69, 9.17) is 4.74 Å². The zero-order chi connectivity index (χ0) is 11.6. The topological polar surface area (TPSA) is 73.2 Å². The largest absolute Gasteiger partial charge is 0.381 e. The first kappa shape index (κ1) is 11.6. The number of hydrogen-bond acceptors (Lipinski definition) is 4. The summed E-state index contributed by atoms with van der Waals surface area (Å²) in [7, 11) is -1.73. The normalized spacial score (nSPS) is 21.4. The number of aromatic nitrogens is 2. The summed E-state index contributed by atoms with van der Waals surface area (Å²) in [5.41, 5.74) is 0. The Balaban J connectivity index is 1.97. The molecule has 0 spiro atoms. The molecule has 1 aliphatic heterocycles. The van der Waals surface area contributed by atoms with Gasteiger partial charge in [-0.15, -0.1) is 0 Å². The van der Waals surface area contributed by atoms with Crippen LogP contribution in [-0.4, -0.2) is 38.0 Å². The van der Waals surface area contributed by atoms with Crippen LogP contribution in [-0.2, 0) is 21.8 Å². The maximum atomic E-state index is 11.8. The van der Waals surface area contributed by atoms with E-state index in [1.54, 1.807) is 7.05 Å². The van der Waals surface area contributed by atoms with Crippen LogP contribution in [0.3, 0.4) is 0 Å². The molecule has 0 aromatic carbocycles. The van der Waals surface area contributed by atoms with Gasteiger partial charge in [-0.3, -0.25) is 4.68 Å². The third-order valence-corrected chi connectivity index (χ3v) is 3.96. The van der Waals surface area contributed by atoms with Crippen molar-refractivity contribution in [3.8, 4) is 0 Å². The van der Waals surface area contributed by atoms with Crippen LogP contribution < -0.4 is 4.72 Å². The van der Waals surface area contributed by atoms with Crippen LogP contribution in [0.15, 0.2) is 17.3 Å². The molecule has 1 saturated heterocycles. The highest BCUT2D eigenvalue weighted by Gasteiger charge is 2.20. The molecular formula is C9H15N3O3S. The standard InChI is InChI=1S/C9H15N3O3S/c1-12-6-9(5-10-12)16(13,14)11-4-8-2-3-15-7-8/h5-6,8,11H,2-4,7H2,1H3/t8-/m1/s1. The second kappa shape index (κ2) is 4.52. The Morgan fingerprint density at radius 3 is 3.06 bits per heavy atom. The fourth-order valence-corrected chi connectivity index (χ4v) is 2.69. The highest BCUT2D eigenvalue weighted by molar-refractivity contribution is 7.89. The first-order valence-corrected chi connectivity index (χ1v) is 6.62. The van der Waals surface area contributed by atoms with E-state index in [-0.39, 0.29) is 10.8 Å². The minimum Gasteiger partial charge on any atom is -0.381 e. The number of nitrogens with zero attached hydrogens (tertiary/aromatic N) is 2. The predicted molar refractivity (Wildman–Crippen MR) is 57.3 cm³/mol. The zero-order valence-electron chi connectivity index (χ0n) is 9.09. The molecule has 90 valence electrons. The van der Waals surface area contributed by atoms with Gasteiger partial charge in [0.2, 0.25) is 10.0 Å². The summed E-state index contributed by atoms with van der Waals surface area (Å²) in [6, 6.07) is 0. The van der Waals surface area contributed by atoms with Gasteiger partial charge in [0.25, 0.3) is 0 Å². The van der Waals surface area contributed by atoms with Gasteiger partial charge in [0, 0.05) is 26.4 Å². The molecule has 1 N–H and O–H groups in total. The highest BCUT2D eigenvalue weighted by Crippen LogP contribution is 2.12. The highest BCUT2D eigenvalue weighted by atomic mass is 32.2. The molecule has 0 bridgehead atoms. The summed E-state index contributed by atoms with van der Waals surface area (Å²) >= 11 is 0. The van der Waals surface area contributed by atoms with Gasteiger partial charge in [-0.25, -0.2) is 13.1 Å². The third-order valence-electron chi connectivity index (χ3n) is 2.58. The van der Waals surface area contributed by atoms with Crippen LogP contribution in [0.5, 0.6) is 0 Å². The minimum absolute atomic E-state index is 0.203. The van der Waals surface area contributed by atoms with E-state index in [2.05, 4.69) is 9.82 Å². The summed E-state index contributed by atoms with van der Waals surface area (Å²) in [5, 5.41) is 3.84. The number of rotatable bonds is 4. The van der Waals surface area contributed by atoms with Crippen molar-refractivity contribution < 1.29 is 13.2 Å². The molecule has 7 heteroatoms. The monoisotopic (exact) mass is 245 g/mol. The Morgan fingerprint density at radius 1 is 1.69 bits per heavy atom. The van der Waals surface area contributed by atoms with E-state index in [0.717, 1.165) is 13.0 Å². The van der Waals surface area contributed by atoms with Crippen LogP contribution in [0.1, 0.15) is 6.42 Å². The van der Waals surface area contributed by atoms with Crippen LogP contribution in [0.25, 0.3) is 0 Å². The van der Waals surface area contributed by atoms with Crippen LogP contribution in [0, 0.1) is 5.92 Å². The molecule has 16 heavy (non-hydrogen) atoms. The Labute approximate surface area is 94.6 Å². The molecule has 0 aliphatic carbocycles. The van der Waals surface area contributed by atoms with E-state index in [9.17, 15) is 8.42 Å². The van der Waals surface area contributed by atoms with E-state index in [1.807, 2.05) is 0 Å². The minimum atomic E-state index is -3.42. The molecule has 1 aliphatic rings. The van der Waals surface area contributed by atoms with Crippen molar-refractivity contribution in [1.29, 1.82) is 0 Å². The van der Waals surface area contributed by atoms with Gasteiger partial charge in [0.05, 0.1) is 12.8 Å². The Morgan fingerprint density at radius 2 is 2.50 bits per heavy atom. The smallest absolute Gasteiger partial charge is 0.243 e. The van der Waals surface area contributed by atoms with Crippen molar-refractivity contribution in [2.24, 2.45) is 13.0 Å². The van der Waals surface area contributed by atoms with Crippen molar-refractivity contribution in [3.05, 3.63) is 12.4 Å². The van der Waals surface area contributed by atoms with E-state index in [0.29, 0.717) is 13.2 Å². The number of hydrogen-bond donors (Lipinski definition) is 1. The molecule has 0 unspecified atom stereocenters. The van der Waals surface area contributed by atoms with Crippen molar-refractivity contribution in [2.45, 2.75) is 11.3 Å². The summed E-state index contributed by atoms with van der Waals surface area (Å²) in [6.07, 6.45) is 3.73. The predicted octanol–water partition coefficient (Wildman–Crippen LogP) is -0.265. The summed E-state index contributed by atoms with van der Waals surface area (Å²) in [5.74, 6) is 0.284. The molecular weight excluding hydrogens is 230 g/mol. The number of ether oxygens (including phenoxy) is 1. The van der Waals surface area contributed by atoms with E-state index in [1.165, 1.54) is 17.1 Å². The van der Waals surface area contributed by atoms with Crippen LogP contribution in [0.2, 0.25) is 0 Å². The summed E-state index contributed by atoms with van der Waals surface area (Å²) in [6.45, 7) is 1.78. The van der Waals surface area contributed by atoms with Gasteiger partial charge < -0.3 is 4.74 Å². The molecule has 1 atom stereocenters. The van der Waals surface area contributed by atoms with Crippen molar-refractivity contribution >= 4 is 10.0 Å². The second-order valence-electron chi connectivity index (χ2n) is 3.93. The van der Waals surface area contributed by atoms with Gasteiger partial charge in [-0.1, -0.05) is 0 Å². The van der Waals surface area contributed by atoms with E-state index < -0.39 is 10.0 Å². The lowest BCUT2D eigenvalue weighted by Crippen LogP contribution is -2.29. The molecule has 1 aromatic rings. The van der Waals surface area contributed by atoms with Gasteiger partial charge in [0.1, 0.15) is 4.90 Å². The Bertz CT molecular complexity index is 448. The lowest BCUT2D eigenvalue weighted by molar-refractivity contribution is 0.186. The van der Waals surface area contributed by atoms with Gasteiger partial charge in [-0.05, 0) is 12.3 Å². The Hall–Kier alpha value is -0.920. The Kier molecular flexibility index (Phi) is 3.27. The number of aryl methyl sites for hydroxylation is 1. The zero-order valence-corrected chi connectivity index (χ0v) is 9.90. The maximum absolute atomic E-state index is 11.8. The maximum Gasteiger partial charge on any atom is 0.243 e. The summed E-state index contributed by atoms with van der Waals surface area (Å²) in [4.78, 5) is 0.203. The van der Waals surface area contributed by atoms with Gasteiger partial charge >= 0.3 is 0 Å². The molecule has 0 radical (unpaired) electrons. The SMILES string of the molecule is Cn1cc(S(=O)(=O)NC[C@H]2CCOC2)cn1. The molecule has 2 rings (SSSR count). The quantitative estimate of drug-likeness (QED) is 0.793. The van der Waals surface area contributed by atoms with Crippen LogP contribution >= 0.6 is 0 Å². The summed E-state index contributed by atoms with van der Waals surface area (Å²) < 4.78 is 32.8. The van der Waals surface area contributed by atoms with Gasteiger partial charge in [-0.2, -0.15) is 5.10 Å². The molecule has 6 nitrogen and oxygen atoms in total. The van der Waals surface area contributed by atoms with Crippen LogP contribution in [0.4, 0.5) is 0 Å². The third kappa shape index (κ3) is 2.60. The van der Waals surface area contributed by atoms with Crippen molar-refractivity contribution in [3.63, 3.8) is 0 Å². The number of nitrogens with one attached hydrogen (secondary N) is 1. The van der Waals surface area contributed by atoms with Gasteiger partial charge in [0.15, 0.2) is 0 Å². The number of sulfonamides is 1. The fourth-order valence-electron chi connectivity index (χ4n) is 1.59. The molecule has 1 fully saturated rings. The van der Waals surface area contributed by atoms with E-state index >= 15 is 0 Å². The van der Waals surface area contributed by atoms with Crippen molar-refractivity contribution in [1.82, 2.24) is 14.5 Å². The van der Waals surface area contributed by atoms with Crippen molar-refractivity contribution in [2.75, 3.05) is 19.8 Å². The lowest BCUT2D eigenvalue weighted by atomic mass is 10.1. The first-order chi connectivity index (χ1) is 7.58. The average Bonchev–Trinajstić information content (AvgIpc) is 2.85. The average molecular weight is 245 g/mol.